The van der Waals surface area contributed by atoms with Gasteiger partial charge in [0.1, 0.15) is 5.75 Å². The minimum Gasteiger partial charge on any atom is -0.490 e. The molecular formula is C16H16O3. The number of carbonyl (C=O) groups is 1. The van der Waals surface area contributed by atoms with Crippen LogP contribution in [0, 0.1) is 0 Å². The van der Waals surface area contributed by atoms with Gasteiger partial charge in [0.05, 0.1) is 12.4 Å². The van der Waals surface area contributed by atoms with Gasteiger partial charge < -0.3 is 9.15 Å². The third kappa shape index (κ3) is 2.70. The Bertz CT molecular complexity index is 534. The maximum Gasteiger partial charge on any atom is 0.228 e. The average molecular weight is 256 g/mol. The van der Waals surface area contributed by atoms with E-state index < -0.39 is 0 Å². The predicted octanol–water partition coefficient (Wildman–Crippen LogP) is 3.83. The van der Waals surface area contributed by atoms with Gasteiger partial charge in [0.2, 0.25) is 5.78 Å². The molecule has 98 valence electrons. The predicted molar refractivity (Wildman–Crippen MR) is 71.5 cm³/mol. The first-order chi connectivity index (χ1) is 9.33. The standard InChI is InChI=1S/C16H16O3/c17-16(15-6-3-11-18-15)12-7-9-14(10-8-12)19-13-4-1-2-5-13/h3,6-11,13H,1-2,4-5H2. The Balaban J connectivity index is 1.70. The van der Waals surface area contributed by atoms with Crippen LogP contribution < -0.4 is 4.74 Å². The van der Waals surface area contributed by atoms with Gasteiger partial charge in [-0.05, 0) is 62.1 Å². The molecule has 0 unspecified atom stereocenters. The van der Waals surface area contributed by atoms with Crippen molar-refractivity contribution >= 4 is 5.78 Å². The second-order valence-electron chi connectivity index (χ2n) is 4.86. The SMILES string of the molecule is O=C(c1ccc(OC2CCCC2)cc1)c1ccco1. The van der Waals surface area contributed by atoms with E-state index in [0.717, 1.165) is 18.6 Å². The molecule has 1 aromatic carbocycles. The van der Waals surface area contributed by atoms with Crippen molar-refractivity contribution in [3.8, 4) is 5.75 Å². The van der Waals surface area contributed by atoms with Crippen LogP contribution in [-0.2, 0) is 0 Å². The molecule has 3 rings (SSSR count). The molecule has 0 saturated heterocycles. The fraction of sp³-hybridized carbons (Fsp3) is 0.312. The van der Waals surface area contributed by atoms with E-state index in [1.54, 1.807) is 24.3 Å². The zero-order valence-electron chi connectivity index (χ0n) is 10.7. The van der Waals surface area contributed by atoms with Crippen molar-refractivity contribution in [1.29, 1.82) is 0 Å². The molecule has 1 aliphatic carbocycles. The smallest absolute Gasteiger partial charge is 0.228 e. The number of furan rings is 1. The van der Waals surface area contributed by atoms with Crippen LogP contribution in [0.25, 0.3) is 0 Å². The van der Waals surface area contributed by atoms with Crippen molar-refractivity contribution < 1.29 is 13.9 Å². The van der Waals surface area contributed by atoms with Gasteiger partial charge in [-0.2, -0.15) is 0 Å². The summed E-state index contributed by atoms with van der Waals surface area (Å²) < 4.78 is 11.0. The normalized spacial score (nSPS) is 15.6. The highest BCUT2D eigenvalue weighted by Gasteiger charge is 2.17. The second-order valence-corrected chi connectivity index (χ2v) is 4.86. The topological polar surface area (TPSA) is 39.4 Å². The molecule has 0 radical (unpaired) electrons. The van der Waals surface area contributed by atoms with Crippen LogP contribution in [-0.4, -0.2) is 11.9 Å². The van der Waals surface area contributed by atoms with Crippen molar-refractivity contribution in [2.45, 2.75) is 31.8 Å². The van der Waals surface area contributed by atoms with E-state index >= 15 is 0 Å². The summed E-state index contributed by atoms with van der Waals surface area (Å²) >= 11 is 0. The second kappa shape index (κ2) is 5.31. The van der Waals surface area contributed by atoms with Crippen molar-refractivity contribution in [1.82, 2.24) is 0 Å². The summed E-state index contributed by atoms with van der Waals surface area (Å²) in [6.45, 7) is 0. The molecule has 1 aromatic heterocycles. The first-order valence-electron chi connectivity index (χ1n) is 6.68. The van der Waals surface area contributed by atoms with Gasteiger partial charge in [-0.25, -0.2) is 0 Å². The zero-order valence-corrected chi connectivity index (χ0v) is 10.7. The number of carbonyl (C=O) groups excluding carboxylic acids is 1. The van der Waals surface area contributed by atoms with Gasteiger partial charge in [0, 0.05) is 5.56 Å². The summed E-state index contributed by atoms with van der Waals surface area (Å²) in [5, 5.41) is 0. The van der Waals surface area contributed by atoms with Crippen LogP contribution in [0.15, 0.2) is 47.1 Å². The molecule has 1 saturated carbocycles. The van der Waals surface area contributed by atoms with Gasteiger partial charge in [0.15, 0.2) is 5.76 Å². The van der Waals surface area contributed by atoms with Crippen LogP contribution >= 0.6 is 0 Å². The number of rotatable bonds is 4. The summed E-state index contributed by atoms with van der Waals surface area (Å²) in [7, 11) is 0. The summed E-state index contributed by atoms with van der Waals surface area (Å²) in [6.07, 6.45) is 6.61. The average Bonchev–Trinajstić information content (AvgIpc) is 3.12. The highest BCUT2D eigenvalue weighted by Crippen LogP contribution is 2.24. The summed E-state index contributed by atoms with van der Waals surface area (Å²) in [4.78, 5) is 12.0. The third-order valence-electron chi connectivity index (χ3n) is 3.47. The molecule has 1 aliphatic rings. The fourth-order valence-corrected chi connectivity index (χ4v) is 2.43. The Morgan fingerprint density at radius 1 is 1.11 bits per heavy atom. The molecular weight excluding hydrogens is 240 g/mol. The van der Waals surface area contributed by atoms with E-state index in [4.69, 9.17) is 9.15 Å². The largest absolute Gasteiger partial charge is 0.490 e. The molecule has 3 nitrogen and oxygen atoms in total. The fourth-order valence-electron chi connectivity index (χ4n) is 2.43. The molecule has 3 heteroatoms. The number of ketones is 1. The monoisotopic (exact) mass is 256 g/mol. The van der Waals surface area contributed by atoms with Crippen LogP contribution in [0.4, 0.5) is 0 Å². The van der Waals surface area contributed by atoms with Crippen molar-refractivity contribution in [2.24, 2.45) is 0 Å². The van der Waals surface area contributed by atoms with E-state index in [1.165, 1.54) is 19.1 Å². The number of ether oxygens (including phenoxy) is 1. The van der Waals surface area contributed by atoms with Gasteiger partial charge in [-0.1, -0.05) is 0 Å². The quantitative estimate of drug-likeness (QED) is 0.780. The Hall–Kier alpha value is -2.03. The number of benzene rings is 1. The lowest BCUT2D eigenvalue weighted by Crippen LogP contribution is -2.10. The molecule has 0 bridgehead atoms. The van der Waals surface area contributed by atoms with Crippen LogP contribution in [0.3, 0.4) is 0 Å². The lowest BCUT2D eigenvalue weighted by Gasteiger charge is -2.12. The highest BCUT2D eigenvalue weighted by atomic mass is 16.5. The maximum atomic E-state index is 12.0. The maximum absolute atomic E-state index is 12.0. The molecule has 1 fully saturated rings. The van der Waals surface area contributed by atoms with Crippen LogP contribution in [0.1, 0.15) is 41.8 Å². The summed E-state index contributed by atoms with van der Waals surface area (Å²) in [6, 6.07) is 10.7. The lowest BCUT2D eigenvalue weighted by molar-refractivity contribution is 0.101. The van der Waals surface area contributed by atoms with E-state index in [-0.39, 0.29) is 5.78 Å². The van der Waals surface area contributed by atoms with Gasteiger partial charge >= 0.3 is 0 Å². The lowest BCUT2D eigenvalue weighted by atomic mass is 10.1. The molecule has 0 aliphatic heterocycles. The van der Waals surface area contributed by atoms with Crippen LogP contribution in [0.5, 0.6) is 5.75 Å². The van der Waals surface area contributed by atoms with Gasteiger partial charge in [-0.15, -0.1) is 0 Å². The molecule has 0 amide bonds. The van der Waals surface area contributed by atoms with E-state index in [9.17, 15) is 4.79 Å². The molecule has 0 spiro atoms. The van der Waals surface area contributed by atoms with Crippen molar-refractivity contribution in [2.75, 3.05) is 0 Å². The molecule has 0 N–H and O–H groups in total. The highest BCUT2D eigenvalue weighted by molar-refractivity contribution is 6.07. The van der Waals surface area contributed by atoms with Crippen LogP contribution in [0.2, 0.25) is 0 Å². The third-order valence-corrected chi connectivity index (χ3v) is 3.47. The summed E-state index contributed by atoms with van der Waals surface area (Å²) in [5.74, 6) is 1.10. The molecule has 19 heavy (non-hydrogen) atoms. The van der Waals surface area contributed by atoms with E-state index in [2.05, 4.69) is 0 Å². The first kappa shape index (κ1) is 12.0. The van der Waals surface area contributed by atoms with Gasteiger partial charge in [0.25, 0.3) is 0 Å². The van der Waals surface area contributed by atoms with Crippen molar-refractivity contribution in [3.05, 3.63) is 54.0 Å². The number of hydrogen-bond donors (Lipinski definition) is 0. The number of hydrogen-bond acceptors (Lipinski definition) is 3. The zero-order chi connectivity index (χ0) is 13.1. The minimum atomic E-state index is -0.0996. The Morgan fingerprint density at radius 3 is 2.47 bits per heavy atom. The minimum absolute atomic E-state index is 0.0996. The Morgan fingerprint density at radius 2 is 1.84 bits per heavy atom. The molecule has 1 heterocycles. The van der Waals surface area contributed by atoms with Gasteiger partial charge in [-0.3, -0.25) is 4.79 Å². The summed E-state index contributed by atoms with van der Waals surface area (Å²) in [5.41, 5.74) is 0.619. The van der Waals surface area contributed by atoms with E-state index in [0.29, 0.717) is 17.4 Å². The molecule has 2 aromatic rings. The Labute approximate surface area is 112 Å². The molecule has 0 atom stereocenters. The van der Waals surface area contributed by atoms with Crippen molar-refractivity contribution in [3.63, 3.8) is 0 Å². The Kier molecular flexibility index (Phi) is 3.36. The first-order valence-corrected chi connectivity index (χ1v) is 6.68. The van der Waals surface area contributed by atoms with E-state index in [1.807, 2.05) is 12.1 Å².